The molecule has 1 aliphatic rings. The number of rotatable bonds is 2. The minimum Gasteiger partial charge on any atom is -0.346 e. The van der Waals surface area contributed by atoms with E-state index in [1.165, 1.54) is 0 Å². The van der Waals surface area contributed by atoms with Gasteiger partial charge in [-0.2, -0.15) is 0 Å². The predicted molar refractivity (Wildman–Crippen MR) is 53.2 cm³/mol. The van der Waals surface area contributed by atoms with Gasteiger partial charge >= 0.3 is 0 Å². The van der Waals surface area contributed by atoms with E-state index >= 15 is 0 Å². The lowest BCUT2D eigenvalue weighted by atomic mass is 9.85. The fraction of sp³-hybridized carbons (Fsp3) is 0.900. The van der Waals surface area contributed by atoms with Crippen LogP contribution in [-0.4, -0.2) is 30.4 Å². The van der Waals surface area contributed by atoms with E-state index in [9.17, 15) is 4.79 Å². The Kier molecular flexibility index (Phi) is 3.72. The van der Waals surface area contributed by atoms with E-state index in [1.807, 2.05) is 18.9 Å². The summed E-state index contributed by atoms with van der Waals surface area (Å²) < 4.78 is 0. The molecule has 0 aromatic rings. The van der Waals surface area contributed by atoms with Crippen LogP contribution in [0, 0.1) is 5.92 Å². The van der Waals surface area contributed by atoms with Crippen molar-refractivity contribution in [3.63, 3.8) is 0 Å². The first-order valence-electron chi connectivity index (χ1n) is 5.15. The number of amides is 1. The Morgan fingerprint density at radius 3 is 2.38 bits per heavy atom. The Hall–Kier alpha value is -0.570. The third kappa shape index (κ3) is 2.69. The molecular formula is C10H20N2O. The van der Waals surface area contributed by atoms with Gasteiger partial charge in [0.05, 0.1) is 0 Å². The van der Waals surface area contributed by atoms with Crippen LogP contribution in [0.3, 0.4) is 0 Å². The minimum atomic E-state index is 0.241. The lowest BCUT2D eigenvalue weighted by molar-refractivity contribution is -0.135. The van der Waals surface area contributed by atoms with Gasteiger partial charge in [0, 0.05) is 25.6 Å². The number of nitrogens with two attached hydrogens (primary N) is 1. The molecule has 3 nitrogen and oxygen atoms in total. The molecule has 0 aromatic carbocycles. The predicted octanol–water partition coefficient (Wildman–Crippen LogP) is 0.982. The summed E-state index contributed by atoms with van der Waals surface area (Å²) >= 11 is 0. The normalized spacial score (nSPS) is 28.5. The van der Waals surface area contributed by atoms with Gasteiger partial charge in [-0.3, -0.25) is 4.79 Å². The molecule has 0 aromatic heterocycles. The van der Waals surface area contributed by atoms with Crippen LogP contribution in [0.5, 0.6) is 0 Å². The second-order valence-electron chi connectivity index (χ2n) is 3.96. The molecule has 0 atom stereocenters. The number of carbonyl (C=O) groups excluding carboxylic acids is 1. The van der Waals surface area contributed by atoms with Gasteiger partial charge in [0.2, 0.25) is 5.91 Å². The van der Waals surface area contributed by atoms with Gasteiger partial charge in [-0.05, 0) is 32.6 Å². The Balaban J connectivity index is 2.40. The number of hydrogen-bond acceptors (Lipinski definition) is 2. The molecule has 2 N–H and O–H groups in total. The smallest absolute Gasteiger partial charge is 0.225 e. The zero-order valence-electron chi connectivity index (χ0n) is 8.62. The summed E-state index contributed by atoms with van der Waals surface area (Å²) in [5, 5.41) is 0. The molecule has 0 bridgehead atoms. The van der Waals surface area contributed by atoms with Crippen molar-refractivity contribution in [3.05, 3.63) is 0 Å². The molecular weight excluding hydrogens is 164 g/mol. The molecule has 1 amide bonds. The first-order valence-corrected chi connectivity index (χ1v) is 5.15. The quantitative estimate of drug-likeness (QED) is 0.695. The largest absolute Gasteiger partial charge is 0.346 e. The lowest BCUT2D eigenvalue weighted by Gasteiger charge is -2.28. The van der Waals surface area contributed by atoms with Crippen LogP contribution in [0.25, 0.3) is 0 Å². The van der Waals surface area contributed by atoms with Crippen LogP contribution in [-0.2, 0) is 4.79 Å². The van der Waals surface area contributed by atoms with Crippen molar-refractivity contribution in [2.75, 3.05) is 13.6 Å². The van der Waals surface area contributed by atoms with Gasteiger partial charge in [-0.1, -0.05) is 0 Å². The Bertz CT molecular complexity index is 174. The number of carbonyl (C=O) groups is 1. The van der Waals surface area contributed by atoms with Crippen molar-refractivity contribution < 1.29 is 4.79 Å². The molecule has 0 saturated heterocycles. The number of nitrogens with zero attached hydrogens (tertiary/aromatic N) is 1. The first-order chi connectivity index (χ1) is 6.15. The van der Waals surface area contributed by atoms with Gasteiger partial charge in [-0.15, -0.1) is 0 Å². The zero-order chi connectivity index (χ0) is 9.84. The van der Waals surface area contributed by atoms with Crippen LogP contribution in [0.4, 0.5) is 0 Å². The van der Waals surface area contributed by atoms with Crippen LogP contribution >= 0.6 is 0 Å². The van der Waals surface area contributed by atoms with Crippen molar-refractivity contribution in [2.24, 2.45) is 11.7 Å². The third-order valence-corrected chi connectivity index (χ3v) is 2.97. The molecule has 0 heterocycles. The average Bonchev–Trinajstić information content (AvgIpc) is 2.17. The molecule has 0 unspecified atom stereocenters. The van der Waals surface area contributed by atoms with E-state index in [0.29, 0.717) is 11.9 Å². The van der Waals surface area contributed by atoms with Gasteiger partial charge in [0.15, 0.2) is 0 Å². The molecule has 0 spiro atoms. The highest BCUT2D eigenvalue weighted by Gasteiger charge is 2.25. The molecule has 0 radical (unpaired) electrons. The van der Waals surface area contributed by atoms with E-state index in [0.717, 1.165) is 32.2 Å². The monoisotopic (exact) mass is 184 g/mol. The fourth-order valence-electron chi connectivity index (χ4n) is 1.83. The Morgan fingerprint density at radius 2 is 1.92 bits per heavy atom. The van der Waals surface area contributed by atoms with Crippen LogP contribution in [0.2, 0.25) is 0 Å². The van der Waals surface area contributed by atoms with Gasteiger partial charge in [0.25, 0.3) is 0 Å². The van der Waals surface area contributed by atoms with E-state index < -0.39 is 0 Å². The summed E-state index contributed by atoms with van der Waals surface area (Å²) in [5.41, 5.74) is 5.78. The van der Waals surface area contributed by atoms with E-state index in [4.69, 9.17) is 5.73 Å². The molecule has 76 valence electrons. The minimum absolute atomic E-state index is 0.241. The summed E-state index contributed by atoms with van der Waals surface area (Å²) in [6, 6.07) is 0.330. The molecule has 3 heteroatoms. The second-order valence-corrected chi connectivity index (χ2v) is 3.96. The average molecular weight is 184 g/mol. The van der Waals surface area contributed by atoms with Gasteiger partial charge < -0.3 is 10.6 Å². The van der Waals surface area contributed by atoms with E-state index in [1.54, 1.807) is 0 Å². The summed E-state index contributed by atoms with van der Waals surface area (Å²) in [6.07, 6.45) is 3.97. The van der Waals surface area contributed by atoms with Crippen molar-refractivity contribution in [3.8, 4) is 0 Å². The highest BCUT2D eigenvalue weighted by atomic mass is 16.2. The second kappa shape index (κ2) is 4.61. The summed E-state index contributed by atoms with van der Waals surface area (Å²) in [7, 11) is 1.87. The maximum atomic E-state index is 11.7. The maximum Gasteiger partial charge on any atom is 0.225 e. The molecule has 0 aliphatic heterocycles. The molecule has 1 fully saturated rings. The van der Waals surface area contributed by atoms with Crippen molar-refractivity contribution >= 4 is 5.91 Å². The molecule has 1 saturated carbocycles. The standard InChI is InChI=1S/C10H20N2O/c1-3-12(2)10(13)8-4-6-9(11)7-5-8/h8-9H,3-7,11H2,1-2H3. The SMILES string of the molecule is CCN(C)C(=O)C1CCC(N)CC1. The lowest BCUT2D eigenvalue weighted by Crippen LogP contribution is -2.37. The van der Waals surface area contributed by atoms with Crippen LogP contribution in [0.15, 0.2) is 0 Å². The van der Waals surface area contributed by atoms with Crippen LogP contribution in [0.1, 0.15) is 32.6 Å². The van der Waals surface area contributed by atoms with Crippen LogP contribution < -0.4 is 5.73 Å². The number of hydrogen-bond donors (Lipinski definition) is 1. The third-order valence-electron chi connectivity index (χ3n) is 2.97. The topological polar surface area (TPSA) is 46.3 Å². The summed E-state index contributed by atoms with van der Waals surface area (Å²) in [5.74, 6) is 0.541. The fourth-order valence-corrected chi connectivity index (χ4v) is 1.83. The zero-order valence-corrected chi connectivity index (χ0v) is 8.62. The summed E-state index contributed by atoms with van der Waals surface area (Å²) in [4.78, 5) is 13.5. The van der Waals surface area contributed by atoms with E-state index in [-0.39, 0.29) is 5.92 Å². The van der Waals surface area contributed by atoms with Gasteiger partial charge in [0.1, 0.15) is 0 Å². The first kappa shape index (κ1) is 10.5. The Labute approximate surface area is 80.3 Å². The van der Waals surface area contributed by atoms with Crippen molar-refractivity contribution in [1.82, 2.24) is 4.90 Å². The summed E-state index contributed by atoms with van der Waals surface area (Å²) in [6.45, 7) is 2.81. The molecule has 1 rings (SSSR count). The highest BCUT2D eigenvalue weighted by Crippen LogP contribution is 2.24. The van der Waals surface area contributed by atoms with Gasteiger partial charge in [-0.25, -0.2) is 0 Å². The molecule has 1 aliphatic carbocycles. The highest BCUT2D eigenvalue weighted by molar-refractivity contribution is 5.78. The van der Waals surface area contributed by atoms with Crippen molar-refractivity contribution in [1.29, 1.82) is 0 Å². The molecule has 13 heavy (non-hydrogen) atoms. The van der Waals surface area contributed by atoms with E-state index in [2.05, 4.69) is 0 Å². The van der Waals surface area contributed by atoms with Crippen molar-refractivity contribution in [2.45, 2.75) is 38.6 Å². The Morgan fingerprint density at radius 1 is 1.38 bits per heavy atom. The maximum absolute atomic E-state index is 11.7.